The third-order valence-electron chi connectivity index (χ3n) is 3.43. The number of carbonyl (C=O) groups is 1. The van der Waals surface area contributed by atoms with Crippen molar-refractivity contribution in [3.63, 3.8) is 0 Å². The maximum Gasteiger partial charge on any atom is 0.406 e. The van der Waals surface area contributed by atoms with E-state index in [1.165, 1.54) is 24.6 Å². The highest BCUT2D eigenvalue weighted by Gasteiger charge is 2.34. The minimum Gasteiger partial charge on any atom is -0.467 e. The molecule has 0 saturated carbocycles. The minimum atomic E-state index is -4.62. The fourth-order valence-electron chi connectivity index (χ4n) is 2.35. The fraction of sp³-hybridized carbons (Fsp3) is 0.188. The molecule has 0 atom stereocenters. The van der Waals surface area contributed by atoms with E-state index in [0.29, 0.717) is 4.90 Å². The van der Waals surface area contributed by atoms with Crippen molar-refractivity contribution in [3.8, 4) is 0 Å². The first kappa shape index (κ1) is 16.7. The van der Waals surface area contributed by atoms with E-state index in [4.69, 9.17) is 4.42 Å². The van der Waals surface area contributed by atoms with E-state index < -0.39 is 36.3 Å². The lowest BCUT2D eigenvalue weighted by molar-refractivity contribution is -0.142. The van der Waals surface area contributed by atoms with Crippen LogP contribution in [0.25, 0.3) is 5.65 Å². The SMILES string of the molecule is O=C(c1cnc2ccccn2c1=O)N(Cc1ccco1)CC(F)(F)F. The average molecular weight is 351 g/mol. The lowest BCUT2D eigenvalue weighted by Gasteiger charge is -2.22. The zero-order valence-electron chi connectivity index (χ0n) is 12.7. The van der Waals surface area contributed by atoms with Crippen molar-refractivity contribution in [2.24, 2.45) is 0 Å². The maximum absolute atomic E-state index is 12.8. The predicted octanol–water partition coefficient (Wildman–Crippen LogP) is 2.49. The number of halogens is 3. The van der Waals surface area contributed by atoms with Crippen LogP contribution in [-0.4, -0.2) is 32.9 Å². The first-order valence-electron chi connectivity index (χ1n) is 7.20. The van der Waals surface area contributed by atoms with Crippen LogP contribution in [0.4, 0.5) is 13.2 Å². The Hall–Kier alpha value is -3.10. The molecule has 0 aromatic carbocycles. The molecule has 0 spiro atoms. The van der Waals surface area contributed by atoms with E-state index in [9.17, 15) is 22.8 Å². The van der Waals surface area contributed by atoms with Crippen LogP contribution in [0.1, 0.15) is 16.1 Å². The number of rotatable bonds is 4. The summed E-state index contributed by atoms with van der Waals surface area (Å²) in [5.74, 6) is -0.893. The number of pyridine rings is 1. The number of nitrogens with zero attached hydrogens (tertiary/aromatic N) is 3. The summed E-state index contributed by atoms with van der Waals surface area (Å²) in [6.07, 6.45) is -0.950. The van der Waals surface area contributed by atoms with Crippen LogP contribution in [0.5, 0.6) is 0 Å². The molecule has 130 valence electrons. The van der Waals surface area contributed by atoms with Gasteiger partial charge in [-0.15, -0.1) is 0 Å². The van der Waals surface area contributed by atoms with E-state index in [2.05, 4.69) is 4.98 Å². The summed E-state index contributed by atoms with van der Waals surface area (Å²) < 4.78 is 44.6. The third kappa shape index (κ3) is 3.70. The van der Waals surface area contributed by atoms with Crippen molar-refractivity contribution in [2.75, 3.05) is 6.54 Å². The summed E-state index contributed by atoms with van der Waals surface area (Å²) >= 11 is 0. The number of alkyl halides is 3. The molecule has 1 amide bonds. The summed E-state index contributed by atoms with van der Waals surface area (Å²) in [5, 5.41) is 0. The first-order valence-corrected chi connectivity index (χ1v) is 7.20. The molecule has 6 nitrogen and oxygen atoms in total. The van der Waals surface area contributed by atoms with Gasteiger partial charge < -0.3 is 9.32 Å². The Labute approximate surface area is 139 Å². The summed E-state index contributed by atoms with van der Waals surface area (Å²) in [4.78, 5) is 29.4. The average Bonchev–Trinajstić information content (AvgIpc) is 3.06. The highest BCUT2D eigenvalue weighted by Crippen LogP contribution is 2.19. The molecule has 0 radical (unpaired) electrons. The molecule has 0 aliphatic rings. The van der Waals surface area contributed by atoms with Crippen LogP contribution < -0.4 is 5.56 Å². The smallest absolute Gasteiger partial charge is 0.406 e. The number of amides is 1. The molecular formula is C16H12F3N3O3. The van der Waals surface area contributed by atoms with Crippen LogP contribution >= 0.6 is 0 Å². The van der Waals surface area contributed by atoms with Crippen LogP contribution in [0.2, 0.25) is 0 Å². The van der Waals surface area contributed by atoms with Gasteiger partial charge in [0.05, 0.1) is 12.8 Å². The van der Waals surface area contributed by atoms with Gasteiger partial charge in [-0.2, -0.15) is 13.2 Å². The molecule has 0 N–H and O–H groups in total. The summed E-state index contributed by atoms with van der Waals surface area (Å²) in [6.45, 7) is -1.92. The molecule has 9 heteroatoms. The Morgan fingerprint density at radius 3 is 2.72 bits per heavy atom. The van der Waals surface area contributed by atoms with Gasteiger partial charge in [0, 0.05) is 12.4 Å². The van der Waals surface area contributed by atoms with Crippen molar-refractivity contribution < 1.29 is 22.4 Å². The van der Waals surface area contributed by atoms with Crippen molar-refractivity contribution in [1.29, 1.82) is 0 Å². The number of furan rings is 1. The lowest BCUT2D eigenvalue weighted by Crippen LogP contribution is -2.41. The quantitative estimate of drug-likeness (QED) is 0.724. The van der Waals surface area contributed by atoms with Crippen molar-refractivity contribution in [3.05, 3.63) is 70.7 Å². The second-order valence-corrected chi connectivity index (χ2v) is 5.26. The second kappa shape index (κ2) is 6.42. The van der Waals surface area contributed by atoms with Gasteiger partial charge in [-0.05, 0) is 24.3 Å². The summed E-state index contributed by atoms with van der Waals surface area (Å²) in [6, 6.07) is 7.70. The number of hydrogen-bond acceptors (Lipinski definition) is 4. The number of hydrogen-bond donors (Lipinski definition) is 0. The normalized spacial score (nSPS) is 11.6. The van der Waals surface area contributed by atoms with Gasteiger partial charge in [0.25, 0.3) is 11.5 Å². The molecule has 3 heterocycles. The molecule has 3 aromatic heterocycles. The van der Waals surface area contributed by atoms with Crippen molar-refractivity contribution >= 4 is 11.6 Å². The molecule has 0 bridgehead atoms. The van der Waals surface area contributed by atoms with Gasteiger partial charge in [0.15, 0.2) is 0 Å². The Morgan fingerprint density at radius 2 is 2.04 bits per heavy atom. The molecule has 0 fully saturated rings. The van der Waals surface area contributed by atoms with Gasteiger partial charge in [-0.3, -0.25) is 14.0 Å². The summed E-state index contributed by atoms with van der Waals surface area (Å²) in [7, 11) is 0. The molecular weight excluding hydrogens is 339 g/mol. The van der Waals surface area contributed by atoms with Gasteiger partial charge >= 0.3 is 6.18 Å². The fourth-order valence-corrected chi connectivity index (χ4v) is 2.35. The zero-order chi connectivity index (χ0) is 18.0. The van der Waals surface area contributed by atoms with E-state index in [1.54, 1.807) is 18.2 Å². The van der Waals surface area contributed by atoms with E-state index in [-0.39, 0.29) is 11.4 Å². The number of aromatic nitrogens is 2. The highest BCUT2D eigenvalue weighted by atomic mass is 19.4. The molecule has 0 aliphatic heterocycles. The molecule has 0 aliphatic carbocycles. The molecule has 0 saturated heterocycles. The van der Waals surface area contributed by atoms with Gasteiger partial charge in [-0.1, -0.05) is 6.07 Å². The van der Waals surface area contributed by atoms with Gasteiger partial charge in [0.1, 0.15) is 23.5 Å². The minimum absolute atomic E-state index is 0.173. The molecule has 3 rings (SSSR count). The third-order valence-corrected chi connectivity index (χ3v) is 3.43. The van der Waals surface area contributed by atoms with Crippen LogP contribution in [-0.2, 0) is 6.54 Å². The van der Waals surface area contributed by atoms with E-state index in [1.807, 2.05) is 0 Å². The van der Waals surface area contributed by atoms with Gasteiger partial charge in [-0.25, -0.2) is 4.98 Å². The van der Waals surface area contributed by atoms with E-state index in [0.717, 1.165) is 10.6 Å². The lowest BCUT2D eigenvalue weighted by atomic mass is 10.2. The number of carbonyl (C=O) groups excluding carboxylic acids is 1. The van der Waals surface area contributed by atoms with Crippen molar-refractivity contribution in [1.82, 2.24) is 14.3 Å². The molecule has 0 unspecified atom stereocenters. The van der Waals surface area contributed by atoms with E-state index >= 15 is 0 Å². The first-order chi connectivity index (χ1) is 11.8. The maximum atomic E-state index is 12.8. The Bertz CT molecular complexity index is 948. The molecule has 3 aromatic rings. The Balaban J connectivity index is 1.99. The Kier molecular flexibility index (Phi) is 4.30. The highest BCUT2D eigenvalue weighted by molar-refractivity contribution is 5.93. The van der Waals surface area contributed by atoms with Crippen LogP contribution in [0.15, 0.2) is 58.2 Å². The van der Waals surface area contributed by atoms with Crippen molar-refractivity contribution in [2.45, 2.75) is 12.7 Å². The predicted molar refractivity (Wildman–Crippen MR) is 81.0 cm³/mol. The monoisotopic (exact) mass is 351 g/mol. The number of fused-ring (bicyclic) bond motifs is 1. The largest absolute Gasteiger partial charge is 0.467 e. The van der Waals surface area contributed by atoms with Crippen LogP contribution in [0, 0.1) is 0 Å². The van der Waals surface area contributed by atoms with Gasteiger partial charge in [0.2, 0.25) is 0 Å². The Morgan fingerprint density at radius 1 is 1.24 bits per heavy atom. The zero-order valence-corrected chi connectivity index (χ0v) is 12.7. The molecule has 25 heavy (non-hydrogen) atoms. The second-order valence-electron chi connectivity index (χ2n) is 5.26. The summed E-state index contributed by atoms with van der Waals surface area (Å²) in [5.41, 5.74) is -0.890. The standard InChI is InChI=1S/C16H12F3N3O3/c17-16(18,19)10-21(9-11-4-3-7-25-11)14(23)12-8-20-13-5-1-2-6-22(13)15(12)24/h1-8H,9-10H2. The topological polar surface area (TPSA) is 67.8 Å². The van der Waals surface area contributed by atoms with Crippen LogP contribution in [0.3, 0.4) is 0 Å².